The SMILES string of the molecule is O=C(NCCCC1CC1)c1ncn[nH]1. The van der Waals surface area contributed by atoms with Crippen LogP contribution < -0.4 is 5.32 Å². The Bertz CT molecular complexity index is 292. The molecule has 0 aromatic carbocycles. The summed E-state index contributed by atoms with van der Waals surface area (Å²) in [6.07, 6.45) is 6.37. The van der Waals surface area contributed by atoms with E-state index >= 15 is 0 Å². The van der Waals surface area contributed by atoms with Crippen molar-refractivity contribution in [3.05, 3.63) is 12.2 Å². The van der Waals surface area contributed by atoms with E-state index in [1.807, 2.05) is 0 Å². The maximum atomic E-state index is 11.3. The normalized spacial score (nSPS) is 15.4. The molecule has 0 spiro atoms. The van der Waals surface area contributed by atoms with Crippen molar-refractivity contribution in [1.82, 2.24) is 20.5 Å². The van der Waals surface area contributed by atoms with Crippen LogP contribution in [0, 0.1) is 5.92 Å². The molecule has 0 unspecified atom stereocenters. The third-order valence-electron chi connectivity index (χ3n) is 2.40. The van der Waals surface area contributed by atoms with Gasteiger partial charge in [0.2, 0.25) is 5.82 Å². The number of aromatic nitrogens is 3. The largest absolute Gasteiger partial charge is 0.349 e. The van der Waals surface area contributed by atoms with E-state index in [4.69, 9.17) is 0 Å². The Labute approximate surface area is 82.3 Å². The molecule has 1 amide bonds. The molecule has 1 saturated carbocycles. The highest BCUT2D eigenvalue weighted by Gasteiger charge is 2.20. The van der Waals surface area contributed by atoms with Crippen LogP contribution in [-0.2, 0) is 0 Å². The molecule has 0 bridgehead atoms. The minimum Gasteiger partial charge on any atom is -0.349 e. The summed E-state index contributed by atoms with van der Waals surface area (Å²) in [5.41, 5.74) is 0. The average molecular weight is 194 g/mol. The molecule has 1 aromatic rings. The Hall–Kier alpha value is -1.39. The first kappa shape index (κ1) is 9.18. The Morgan fingerprint density at radius 1 is 1.64 bits per heavy atom. The van der Waals surface area contributed by atoms with E-state index < -0.39 is 0 Å². The molecule has 1 aliphatic rings. The summed E-state index contributed by atoms with van der Waals surface area (Å²) in [6.45, 7) is 0.732. The lowest BCUT2D eigenvalue weighted by Gasteiger charge is -2.01. The summed E-state index contributed by atoms with van der Waals surface area (Å²) in [6, 6.07) is 0. The van der Waals surface area contributed by atoms with Gasteiger partial charge in [0.05, 0.1) is 0 Å². The molecular formula is C9H14N4O. The van der Waals surface area contributed by atoms with E-state index in [0.717, 1.165) is 18.9 Å². The molecular weight excluding hydrogens is 180 g/mol. The summed E-state index contributed by atoms with van der Waals surface area (Å²) in [5, 5.41) is 8.93. The highest BCUT2D eigenvalue weighted by atomic mass is 16.2. The van der Waals surface area contributed by atoms with Crippen molar-refractivity contribution in [2.75, 3.05) is 6.54 Å². The van der Waals surface area contributed by atoms with Crippen molar-refractivity contribution in [2.24, 2.45) is 5.92 Å². The van der Waals surface area contributed by atoms with E-state index in [1.54, 1.807) is 0 Å². The molecule has 1 heterocycles. The zero-order valence-electron chi connectivity index (χ0n) is 7.99. The lowest BCUT2D eigenvalue weighted by Crippen LogP contribution is -2.25. The van der Waals surface area contributed by atoms with Crippen molar-refractivity contribution in [1.29, 1.82) is 0 Å². The summed E-state index contributed by atoms with van der Waals surface area (Å²) in [5.74, 6) is 1.05. The zero-order valence-corrected chi connectivity index (χ0v) is 7.99. The van der Waals surface area contributed by atoms with Crippen molar-refractivity contribution in [3.8, 4) is 0 Å². The van der Waals surface area contributed by atoms with Crippen LogP contribution in [0.3, 0.4) is 0 Å². The third kappa shape index (κ3) is 2.55. The minimum atomic E-state index is -0.168. The number of nitrogens with one attached hydrogen (secondary N) is 2. The van der Waals surface area contributed by atoms with Crippen LogP contribution in [-0.4, -0.2) is 27.6 Å². The standard InChI is InChI=1S/C9H14N4O/c14-9(8-11-6-12-13-8)10-5-1-2-7-3-4-7/h6-7H,1-5H2,(H,10,14)(H,11,12,13). The number of H-pyrrole nitrogens is 1. The molecule has 5 nitrogen and oxygen atoms in total. The van der Waals surface area contributed by atoms with Crippen LogP contribution >= 0.6 is 0 Å². The second kappa shape index (κ2) is 4.21. The molecule has 1 fully saturated rings. The fourth-order valence-electron chi connectivity index (χ4n) is 1.40. The number of carbonyl (C=O) groups is 1. The molecule has 2 rings (SSSR count). The second-order valence-corrected chi connectivity index (χ2v) is 3.68. The van der Waals surface area contributed by atoms with Crippen molar-refractivity contribution < 1.29 is 4.79 Å². The second-order valence-electron chi connectivity index (χ2n) is 3.68. The van der Waals surface area contributed by atoms with Crippen LogP contribution in [0.4, 0.5) is 0 Å². The fraction of sp³-hybridized carbons (Fsp3) is 0.667. The number of carbonyl (C=O) groups excluding carboxylic acids is 1. The van der Waals surface area contributed by atoms with Crippen molar-refractivity contribution in [2.45, 2.75) is 25.7 Å². The summed E-state index contributed by atoms with van der Waals surface area (Å²) in [4.78, 5) is 15.1. The summed E-state index contributed by atoms with van der Waals surface area (Å²) in [7, 11) is 0. The predicted octanol–water partition coefficient (Wildman–Crippen LogP) is 0.725. The third-order valence-corrected chi connectivity index (χ3v) is 2.40. The first-order valence-corrected chi connectivity index (χ1v) is 5.00. The number of hydrogen-bond acceptors (Lipinski definition) is 3. The van der Waals surface area contributed by atoms with E-state index in [0.29, 0.717) is 0 Å². The first-order chi connectivity index (χ1) is 6.86. The van der Waals surface area contributed by atoms with Gasteiger partial charge in [-0.25, -0.2) is 4.98 Å². The van der Waals surface area contributed by atoms with E-state index in [1.165, 1.54) is 25.6 Å². The summed E-state index contributed by atoms with van der Waals surface area (Å²) < 4.78 is 0. The fourth-order valence-corrected chi connectivity index (χ4v) is 1.40. The smallest absolute Gasteiger partial charge is 0.288 e. The lowest BCUT2D eigenvalue weighted by atomic mass is 10.2. The highest BCUT2D eigenvalue weighted by Crippen LogP contribution is 2.33. The Morgan fingerprint density at radius 3 is 3.14 bits per heavy atom. The van der Waals surface area contributed by atoms with Crippen LogP contribution in [0.15, 0.2) is 6.33 Å². The number of rotatable bonds is 5. The van der Waals surface area contributed by atoms with Gasteiger partial charge < -0.3 is 5.32 Å². The van der Waals surface area contributed by atoms with Gasteiger partial charge in [0.25, 0.3) is 5.91 Å². The molecule has 0 radical (unpaired) electrons. The van der Waals surface area contributed by atoms with Gasteiger partial charge in [-0.3, -0.25) is 9.89 Å². The van der Waals surface area contributed by atoms with Gasteiger partial charge >= 0.3 is 0 Å². The van der Waals surface area contributed by atoms with Gasteiger partial charge in [-0.15, -0.1) is 0 Å². The zero-order chi connectivity index (χ0) is 9.80. The van der Waals surface area contributed by atoms with Gasteiger partial charge in [-0.2, -0.15) is 5.10 Å². The predicted molar refractivity (Wildman–Crippen MR) is 50.7 cm³/mol. The van der Waals surface area contributed by atoms with Gasteiger partial charge in [0, 0.05) is 6.54 Å². The average Bonchev–Trinajstić information content (AvgIpc) is 2.84. The van der Waals surface area contributed by atoms with Crippen LogP contribution in [0.5, 0.6) is 0 Å². The highest BCUT2D eigenvalue weighted by molar-refractivity contribution is 5.90. The monoisotopic (exact) mass is 194 g/mol. The van der Waals surface area contributed by atoms with Gasteiger partial charge in [-0.1, -0.05) is 12.8 Å². The number of hydrogen-bond donors (Lipinski definition) is 2. The number of amides is 1. The topological polar surface area (TPSA) is 70.7 Å². The molecule has 14 heavy (non-hydrogen) atoms. The van der Waals surface area contributed by atoms with Gasteiger partial charge in [-0.05, 0) is 18.8 Å². The Kier molecular flexibility index (Phi) is 2.76. The van der Waals surface area contributed by atoms with E-state index in [9.17, 15) is 4.79 Å². The molecule has 1 aliphatic carbocycles. The van der Waals surface area contributed by atoms with E-state index in [2.05, 4.69) is 20.5 Å². The quantitative estimate of drug-likeness (QED) is 0.679. The molecule has 2 N–H and O–H groups in total. The lowest BCUT2D eigenvalue weighted by molar-refractivity contribution is 0.0943. The molecule has 5 heteroatoms. The van der Waals surface area contributed by atoms with Crippen LogP contribution in [0.2, 0.25) is 0 Å². The van der Waals surface area contributed by atoms with Gasteiger partial charge in [0.15, 0.2) is 0 Å². The van der Waals surface area contributed by atoms with Crippen LogP contribution in [0.25, 0.3) is 0 Å². The number of nitrogens with zero attached hydrogens (tertiary/aromatic N) is 2. The first-order valence-electron chi connectivity index (χ1n) is 5.00. The molecule has 76 valence electrons. The Balaban J connectivity index is 1.62. The van der Waals surface area contributed by atoms with Crippen LogP contribution in [0.1, 0.15) is 36.3 Å². The maximum absolute atomic E-state index is 11.3. The van der Waals surface area contributed by atoms with Crippen molar-refractivity contribution >= 4 is 5.91 Å². The molecule has 0 saturated heterocycles. The summed E-state index contributed by atoms with van der Waals surface area (Å²) >= 11 is 0. The van der Waals surface area contributed by atoms with E-state index in [-0.39, 0.29) is 11.7 Å². The molecule has 0 aliphatic heterocycles. The Morgan fingerprint density at radius 2 is 2.50 bits per heavy atom. The van der Waals surface area contributed by atoms with Gasteiger partial charge in [0.1, 0.15) is 6.33 Å². The van der Waals surface area contributed by atoms with Crippen molar-refractivity contribution in [3.63, 3.8) is 0 Å². The maximum Gasteiger partial charge on any atom is 0.288 e. The molecule has 1 aromatic heterocycles. The number of aromatic amines is 1. The minimum absolute atomic E-state index is 0.168. The molecule has 0 atom stereocenters.